The number of fused-ring (bicyclic) bond motifs is 2. The lowest BCUT2D eigenvalue weighted by molar-refractivity contribution is 0.655. The quantitative estimate of drug-likeness (QED) is 0.561. The molecule has 26 heavy (non-hydrogen) atoms. The topological polar surface area (TPSA) is 54.8 Å². The van der Waals surface area contributed by atoms with Gasteiger partial charge >= 0.3 is 0 Å². The van der Waals surface area contributed by atoms with Crippen molar-refractivity contribution in [1.29, 1.82) is 0 Å². The summed E-state index contributed by atoms with van der Waals surface area (Å²) in [6, 6.07) is 6.51. The van der Waals surface area contributed by atoms with Crippen molar-refractivity contribution < 1.29 is 0 Å². The summed E-state index contributed by atoms with van der Waals surface area (Å²) in [6.07, 6.45) is 5.01. The number of anilines is 1. The predicted octanol–water partition coefficient (Wildman–Crippen LogP) is 4.11. The first kappa shape index (κ1) is 16.0. The Morgan fingerprint density at radius 2 is 2.15 bits per heavy atom. The van der Waals surface area contributed by atoms with Crippen LogP contribution in [-0.4, -0.2) is 28.4 Å². The van der Waals surface area contributed by atoms with Gasteiger partial charge < -0.3 is 10.6 Å². The molecule has 3 aromatic heterocycles. The summed E-state index contributed by atoms with van der Waals surface area (Å²) >= 11 is 3.63. The minimum Gasteiger partial charge on any atom is -0.379 e. The Morgan fingerprint density at radius 1 is 1.23 bits per heavy atom. The van der Waals surface area contributed by atoms with Crippen LogP contribution in [0.3, 0.4) is 0 Å². The van der Waals surface area contributed by atoms with Crippen LogP contribution in [0.15, 0.2) is 30.6 Å². The van der Waals surface area contributed by atoms with Gasteiger partial charge in [-0.2, -0.15) is 5.10 Å². The van der Waals surface area contributed by atoms with Gasteiger partial charge in [0.25, 0.3) is 0 Å². The Kier molecular flexibility index (Phi) is 3.81. The van der Waals surface area contributed by atoms with Crippen LogP contribution in [-0.2, 0) is 20.0 Å². The van der Waals surface area contributed by atoms with E-state index in [0.717, 1.165) is 41.2 Å². The molecule has 0 saturated heterocycles. The first-order valence-electron chi connectivity index (χ1n) is 8.66. The highest BCUT2D eigenvalue weighted by Crippen LogP contribution is 2.44. The van der Waals surface area contributed by atoms with E-state index in [4.69, 9.17) is 4.98 Å². The number of hydrogen-bond donors (Lipinski definition) is 2. The smallest absolute Gasteiger partial charge is 0.127 e. The van der Waals surface area contributed by atoms with Crippen LogP contribution in [0.25, 0.3) is 31.9 Å². The normalized spacial score (nSPS) is 13.9. The molecule has 4 heterocycles. The third kappa shape index (κ3) is 2.55. The highest BCUT2D eigenvalue weighted by atomic mass is 32.1. The molecule has 2 N–H and O–H groups in total. The van der Waals surface area contributed by atoms with E-state index in [1.165, 1.54) is 25.7 Å². The molecule has 132 valence electrons. The Labute approximate surface area is 159 Å². The standard InChI is InChI=1S/C19H19N5S2/c1-20-18-17(13-5-6-21-9-16(13)26-18)19-23-14-7-11(3-4-15(14)25-19)12-8-22-24(2)10-12/h3-4,7-8,10,20-21H,5-6,9H2,1-2H3. The van der Waals surface area contributed by atoms with Crippen molar-refractivity contribution in [2.75, 3.05) is 18.9 Å². The van der Waals surface area contributed by atoms with Crippen LogP contribution in [0.5, 0.6) is 0 Å². The molecule has 1 aliphatic heterocycles. The molecular formula is C19H19N5S2. The molecule has 5 nitrogen and oxygen atoms in total. The zero-order valence-corrected chi connectivity index (χ0v) is 16.3. The van der Waals surface area contributed by atoms with E-state index in [9.17, 15) is 0 Å². The zero-order chi connectivity index (χ0) is 17.7. The molecule has 0 bridgehead atoms. The first-order valence-corrected chi connectivity index (χ1v) is 10.3. The summed E-state index contributed by atoms with van der Waals surface area (Å²) in [4.78, 5) is 6.44. The molecule has 0 aliphatic carbocycles. The highest BCUT2D eigenvalue weighted by molar-refractivity contribution is 7.22. The Hall–Kier alpha value is -2.22. The van der Waals surface area contributed by atoms with E-state index in [1.54, 1.807) is 11.3 Å². The fourth-order valence-corrected chi connectivity index (χ4v) is 5.78. The van der Waals surface area contributed by atoms with Gasteiger partial charge in [0.1, 0.15) is 5.01 Å². The second-order valence-corrected chi connectivity index (χ2v) is 8.62. The van der Waals surface area contributed by atoms with Gasteiger partial charge in [-0.3, -0.25) is 4.68 Å². The van der Waals surface area contributed by atoms with Crippen molar-refractivity contribution in [3.63, 3.8) is 0 Å². The summed E-state index contributed by atoms with van der Waals surface area (Å²) in [7, 11) is 3.94. The third-order valence-electron chi connectivity index (χ3n) is 4.79. The van der Waals surface area contributed by atoms with Crippen LogP contribution in [0.4, 0.5) is 5.00 Å². The molecule has 7 heteroatoms. The molecule has 0 atom stereocenters. The van der Waals surface area contributed by atoms with E-state index >= 15 is 0 Å². The molecule has 1 aromatic carbocycles. The predicted molar refractivity (Wildman–Crippen MR) is 110 cm³/mol. The number of thiazole rings is 1. The second kappa shape index (κ2) is 6.19. The van der Waals surface area contributed by atoms with E-state index in [0.29, 0.717) is 0 Å². The van der Waals surface area contributed by atoms with Crippen molar-refractivity contribution in [3.8, 4) is 21.7 Å². The second-order valence-electron chi connectivity index (χ2n) is 6.49. The minimum atomic E-state index is 0.963. The molecule has 0 spiro atoms. The van der Waals surface area contributed by atoms with Gasteiger partial charge in [0.2, 0.25) is 0 Å². The van der Waals surface area contributed by atoms with E-state index in [1.807, 2.05) is 42.5 Å². The average Bonchev–Trinajstić information content (AvgIpc) is 3.35. The van der Waals surface area contributed by atoms with Crippen LogP contribution in [0.1, 0.15) is 10.4 Å². The minimum absolute atomic E-state index is 0.963. The van der Waals surface area contributed by atoms with Crippen molar-refractivity contribution in [1.82, 2.24) is 20.1 Å². The van der Waals surface area contributed by atoms with Gasteiger partial charge in [-0.1, -0.05) is 6.07 Å². The lowest BCUT2D eigenvalue weighted by Crippen LogP contribution is -2.22. The van der Waals surface area contributed by atoms with Crippen LogP contribution in [0, 0.1) is 0 Å². The third-order valence-corrected chi connectivity index (χ3v) is 7.10. The number of nitrogens with zero attached hydrogens (tertiary/aromatic N) is 3. The van der Waals surface area contributed by atoms with Gasteiger partial charge in [-0.25, -0.2) is 4.98 Å². The monoisotopic (exact) mass is 381 g/mol. The van der Waals surface area contributed by atoms with Crippen molar-refractivity contribution in [2.24, 2.45) is 7.05 Å². The summed E-state index contributed by atoms with van der Waals surface area (Å²) in [5, 5.41) is 13.5. The number of benzene rings is 1. The number of aryl methyl sites for hydroxylation is 1. The van der Waals surface area contributed by atoms with E-state index < -0.39 is 0 Å². The lowest BCUT2D eigenvalue weighted by Gasteiger charge is -2.13. The Balaban J connectivity index is 1.63. The van der Waals surface area contributed by atoms with Gasteiger partial charge in [0.15, 0.2) is 0 Å². The molecule has 5 rings (SSSR count). The maximum absolute atomic E-state index is 5.00. The average molecular weight is 382 g/mol. The number of aromatic nitrogens is 3. The molecule has 1 aliphatic rings. The largest absolute Gasteiger partial charge is 0.379 e. The van der Waals surface area contributed by atoms with E-state index in [-0.39, 0.29) is 0 Å². The van der Waals surface area contributed by atoms with Crippen molar-refractivity contribution in [2.45, 2.75) is 13.0 Å². The number of rotatable bonds is 3. The van der Waals surface area contributed by atoms with Crippen LogP contribution < -0.4 is 10.6 Å². The summed E-state index contributed by atoms with van der Waals surface area (Å²) < 4.78 is 3.06. The first-order chi connectivity index (χ1) is 12.7. The number of nitrogens with one attached hydrogen (secondary N) is 2. The number of thiophene rings is 1. The maximum atomic E-state index is 5.00. The fourth-order valence-electron chi connectivity index (χ4n) is 3.52. The van der Waals surface area contributed by atoms with Gasteiger partial charge in [0.05, 0.1) is 21.4 Å². The fraction of sp³-hybridized carbons (Fsp3) is 0.263. The molecule has 0 saturated carbocycles. The molecule has 0 radical (unpaired) electrons. The van der Waals surface area contributed by atoms with Gasteiger partial charge in [-0.05, 0) is 36.2 Å². The molecule has 0 amide bonds. The van der Waals surface area contributed by atoms with Crippen LogP contribution in [0.2, 0.25) is 0 Å². The summed E-state index contributed by atoms with van der Waals surface area (Å²) in [5.74, 6) is 0. The van der Waals surface area contributed by atoms with Gasteiger partial charge in [-0.15, -0.1) is 22.7 Å². The van der Waals surface area contributed by atoms with Crippen molar-refractivity contribution in [3.05, 3.63) is 41.0 Å². The SMILES string of the molecule is CNc1sc2c(c1-c1nc3cc(-c4cnn(C)c4)ccc3s1)CCNC2. The zero-order valence-electron chi connectivity index (χ0n) is 14.7. The summed E-state index contributed by atoms with van der Waals surface area (Å²) in [5.41, 5.74) is 6.11. The van der Waals surface area contributed by atoms with Crippen molar-refractivity contribution >= 4 is 37.9 Å². The molecule has 0 unspecified atom stereocenters. The lowest BCUT2D eigenvalue weighted by atomic mass is 10.0. The van der Waals surface area contributed by atoms with Crippen LogP contribution >= 0.6 is 22.7 Å². The van der Waals surface area contributed by atoms with E-state index in [2.05, 4.69) is 33.9 Å². The molecule has 0 fully saturated rings. The summed E-state index contributed by atoms with van der Waals surface area (Å²) in [6.45, 7) is 2.00. The maximum Gasteiger partial charge on any atom is 0.127 e. The van der Waals surface area contributed by atoms with Gasteiger partial charge in [0, 0.05) is 42.8 Å². The Morgan fingerprint density at radius 3 is 2.96 bits per heavy atom. The highest BCUT2D eigenvalue weighted by Gasteiger charge is 2.23. The molecule has 4 aromatic rings. The number of hydrogen-bond acceptors (Lipinski definition) is 6. The molecular weight excluding hydrogens is 362 g/mol. The Bertz CT molecular complexity index is 1100.